The third-order valence-electron chi connectivity index (χ3n) is 2.08. The van der Waals surface area contributed by atoms with Crippen molar-refractivity contribution in [1.82, 2.24) is 4.98 Å². The number of rotatable bonds is 1. The molecule has 0 saturated heterocycles. The van der Waals surface area contributed by atoms with Crippen LogP contribution < -0.4 is 5.73 Å². The van der Waals surface area contributed by atoms with Gasteiger partial charge in [0, 0.05) is 24.0 Å². The van der Waals surface area contributed by atoms with E-state index in [2.05, 4.69) is 4.98 Å². The molecule has 1 aromatic heterocycles. The van der Waals surface area contributed by atoms with Gasteiger partial charge in [0.1, 0.15) is 11.6 Å². The van der Waals surface area contributed by atoms with Crippen molar-refractivity contribution < 1.29 is 8.78 Å². The minimum atomic E-state index is -0.622. The van der Waals surface area contributed by atoms with Crippen LogP contribution >= 0.6 is 0 Å². The SMILES string of the molecule is Nc1cc(F)c(-c2ccncc2)cc1F. The molecule has 0 aliphatic rings. The van der Waals surface area contributed by atoms with Crippen LogP contribution in [0.15, 0.2) is 36.7 Å². The minimum Gasteiger partial charge on any atom is -0.396 e. The lowest BCUT2D eigenvalue weighted by Crippen LogP contribution is -1.94. The quantitative estimate of drug-likeness (QED) is 0.728. The van der Waals surface area contributed by atoms with E-state index in [4.69, 9.17) is 5.73 Å². The van der Waals surface area contributed by atoms with Gasteiger partial charge in [-0.05, 0) is 23.8 Å². The van der Waals surface area contributed by atoms with Crippen LogP contribution in [0.3, 0.4) is 0 Å². The molecule has 2 N–H and O–H groups in total. The molecule has 0 aliphatic heterocycles. The van der Waals surface area contributed by atoms with Gasteiger partial charge in [0.05, 0.1) is 5.69 Å². The second-order valence-corrected chi connectivity index (χ2v) is 3.09. The van der Waals surface area contributed by atoms with Crippen molar-refractivity contribution in [2.75, 3.05) is 5.73 Å². The van der Waals surface area contributed by atoms with E-state index in [-0.39, 0.29) is 11.3 Å². The molecular formula is C11H8F2N2. The Balaban J connectivity index is 2.59. The minimum absolute atomic E-state index is 0.184. The van der Waals surface area contributed by atoms with Crippen molar-refractivity contribution in [3.8, 4) is 11.1 Å². The molecule has 0 amide bonds. The summed E-state index contributed by atoms with van der Waals surface area (Å²) in [6.45, 7) is 0. The fourth-order valence-electron chi connectivity index (χ4n) is 1.31. The van der Waals surface area contributed by atoms with Crippen molar-refractivity contribution in [2.45, 2.75) is 0 Å². The molecule has 15 heavy (non-hydrogen) atoms. The molecule has 0 atom stereocenters. The van der Waals surface area contributed by atoms with Crippen LogP contribution in [0.5, 0.6) is 0 Å². The molecule has 1 heterocycles. The molecule has 0 aliphatic carbocycles. The summed E-state index contributed by atoms with van der Waals surface area (Å²) in [6.07, 6.45) is 3.03. The summed E-state index contributed by atoms with van der Waals surface area (Å²) in [4.78, 5) is 3.80. The lowest BCUT2D eigenvalue weighted by molar-refractivity contribution is 0.607. The van der Waals surface area contributed by atoms with Gasteiger partial charge in [-0.3, -0.25) is 4.98 Å². The first-order chi connectivity index (χ1) is 7.18. The van der Waals surface area contributed by atoms with Crippen molar-refractivity contribution in [1.29, 1.82) is 0 Å². The second kappa shape index (κ2) is 3.65. The predicted molar refractivity (Wildman–Crippen MR) is 54.0 cm³/mol. The first-order valence-electron chi connectivity index (χ1n) is 4.33. The van der Waals surface area contributed by atoms with E-state index >= 15 is 0 Å². The number of nitrogen functional groups attached to an aromatic ring is 1. The van der Waals surface area contributed by atoms with E-state index in [1.54, 1.807) is 12.1 Å². The van der Waals surface area contributed by atoms with Crippen molar-refractivity contribution >= 4 is 5.69 Å². The maximum Gasteiger partial charge on any atom is 0.146 e. The van der Waals surface area contributed by atoms with Crippen molar-refractivity contribution in [3.63, 3.8) is 0 Å². The Morgan fingerprint density at radius 1 is 1.00 bits per heavy atom. The lowest BCUT2D eigenvalue weighted by Gasteiger charge is -2.04. The van der Waals surface area contributed by atoms with Gasteiger partial charge in [0.2, 0.25) is 0 Å². The normalized spacial score (nSPS) is 10.3. The second-order valence-electron chi connectivity index (χ2n) is 3.09. The number of aromatic nitrogens is 1. The number of anilines is 1. The van der Waals surface area contributed by atoms with Crippen molar-refractivity contribution in [2.24, 2.45) is 0 Å². The Hall–Kier alpha value is -1.97. The number of benzene rings is 1. The zero-order valence-electron chi connectivity index (χ0n) is 7.74. The molecule has 76 valence electrons. The maximum absolute atomic E-state index is 13.4. The van der Waals surface area contributed by atoms with Crippen LogP contribution in [0.4, 0.5) is 14.5 Å². The summed E-state index contributed by atoms with van der Waals surface area (Å²) in [5.74, 6) is -1.16. The topological polar surface area (TPSA) is 38.9 Å². The fourth-order valence-corrected chi connectivity index (χ4v) is 1.31. The van der Waals surface area contributed by atoms with Crippen LogP contribution in [0.25, 0.3) is 11.1 Å². The number of nitrogens with two attached hydrogens (primary N) is 1. The third kappa shape index (κ3) is 1.79. The number of hydrogen-bond donors (Lipinski definition) is 1. The Morgan fingerprint density at radius 3 is 2.33 bits per heavy atom. The third-order valence-corrected chi connectivity index (χ3v) is 2.08. The molecule has 0 radical (unpaired) electrons. The standard InChI is InChI=1S/C11H8F2N2/c12-9-6-11(14)10(13)5-8(9)7-1-3-15-4-2-7/h1-6H,14H2. The zero-order chi connectivity index (χ0) is 10.8. The molecule has 0 unspecified atom stereocenters. The Labute approximate surface area is 85.4 Å². The molecule has 0 bridgehead atoms. The van der Waals surface area contributed by atoms with E-state index in [1.807, 2.05) is 0 Å². The molecule has 2 aromatic rings. The largest absolute Gasteiger partial charge is 0.396 e. The van der Waals surface area contributed by atoms with Gasteiger partial charge in [-0.2, -0.15) is 0 Å². The lowest BCUT2D eigenvalue weighted by atomic mass is 10.1. The molecule has 0 saturated carbocycles. The summed E-state index contributed by atoms with van der Waals surface area (Å²) in [6, 6.07) is 5.27. The molecule has 0 fully saturated rings. The van der Waals surface area contributed by atoms with Gasteiger partial charge in [0.15, 0.2) is 0 Å². The van der Waals surface area contributed by atoms with Gasteiger partial charge in [-0.15, -0.1) is 0 Å². The fraction of sp³-hybridized carbons (Fsp3) is 0. The van der Waals surface area contributed by atoms with Gasteiger partial charge in [0.25, 0.3) is 0 Å². The van der Waals surface area contributed by atoms with Gasteiger partial charge < -0.3 is 5.73 Å². The van der Waals surface area contributed by atoms with E-state index < -0.39 is 11.6 Å². The summed E-state index contributed by atoms with van der Waals surface area (Å²) in [7, 11) is 0. The Morgan fingerprint density at radius 2 is 1.67 bits per heavy atom. The van der Waals surface area contributed by atoms with Crippen LogP contribution in [0.1, 0.15) is 0 Å². The average Bonchev–Trinajstić information content (AvgIpc) is 2.25. The number of pyridine rings is 1. The molecule has 0 spiro atoms. The first-order valence-corrected chi connectivity index (χ1v) is 4.33. The predicted octanol–water partition coefficient (Wildman–Crippen LogP) is 2.61. The van der Waals surface area contributed by atoms with Crippen LogP contribution in [0, 0.1) is 11.6 Å². The first kappa shape index (κ1) is 9.58. The summed E-state index contributed by atoms with van der Waals surface area (Å²) >= 11 is 0. The highest BCUT2D eigenvalue weighted by molar-refractivity contribution is 5.66. The van der Waals surface area contributed by atoms with E-state index in [1.165, 1.54) is 12.4 Å². The monoisotopic (exact) mass is 206 g/mol. The molecule has 2 rings (SSSR count). The maximum atomic E-state index is 13.4. The van der Waals surface area contributed by atoms with Gasteiger partial charge >= 0.3 is 0 Å². The van der Waals surface area contributed by atoms with Gasteiger partial charge in [-0.25, -0.2) is 8.78 Å². The zero-order valence-corrected chi connectivity index (χ0v) is 7.74. The van der Waals surface area contributed by atoms with E-state index in [0.717, 1.165) is 12.1 Å². The number of hydrogen-bond acceptors (Lipinski definition) is 2. The Bertz CT molecular complexity index is 483. The smallest absolute Gasteiger partial charge is 0.146 e. The van der Waals surface area contributed by atoms with Crippen LogP contribution in [-0.4, -0.2) is 4.98 Å². The summed E-state index contributed by atoms with van der Waals surface area (Å²) < 4.78 is 26.6. The van der Waals surface area contributed by atoms with E-state index in [9.17, 15) is 8.78 Å². The molecule has 4 heteroatoms. The molecule has 2 nitrogen and oxygen atoms in total. The number of halogens is 2. The Kier molecular flexibility index (Phi) is 2.33. The number of nitrogens with zero attached hydrogens (tertiary/aromatic N) is 1. The highest BCUT2D eigenvalue weighted by Gasteiger charge is 2.09. The average molecular weight is 206 g/mol. The molecular weight excluding hydrogens is 198 g/mol. The highest BCUT2D eigenvalue weighted by Crippen LogP contribution is 2.25. The van der Waals surface area contributed by atoms with Crippen molar-refractivity contribution in [3.05, 3.63) is 48.3 Å². The van der Waals surface area contributed by atoms with Gasteiger partial charge in [-0.1, -0.05) is 0 Å². The van der Waals surface area contributed by atoms with Crippen LogP contribution in [0.2, 0.25) is 0 Å². The van der Waals surface area contributed by atoms with Crippen LogP contribution in [-0.2, 0) is 0 Å². The summed E-state index contributed by atoms with van der Waals surface area (Å²) in [5.41, 5.74) is 5.81. The molecule has 1 aromatic carbocycles. The van der Waals surface area contributed by atoms with E-state index in [0.29, 0.717) is 5.56 Å². The highest BCUT2D eigenvalue weighted by atomic mass is 19.1. The summed E-state index contributed by atoms with van der Waals surface area (Å²) in [5, 5.41) is 0.